The molecule has 2 rings (SSSR count). The first kappa shape index (κ1) is 15.8. The van der Waals surface area contributed by atoms with Crippen molar-refractivity contribution in [2.75, 3.05) is 0 Å². The molecule has 0 spiro atoms. The van der Waals surface area contributed by atoms with Gasteiger partial charge in [0, 0.05) is 11.1 Å². The second-order valence-corrected chi connectivity index (χ2v) is 4.23. The van der Waals surface area contributed by atoms with E-state index < -0.39 is 46.1 Å². The predicted molar refractivity (Wildman–Crippen MR) is 60.5 cm³/mol. The summed E-state index contributed by atoms with van der Waals surface area (Å²) in [5.74, 6) is -2.71. The molecule has 0 aliphatic carbocycles. The molecule has 22 heavy (non-hydrogen) atoms. The van der Waals surface area contributed by atoms with Crippen LogP contribution in [0.3, 0.4) is 0 Å². The highest BCUT2D eigenvalue weighted by Gasteiger charge is 2.37. The fraction of sp³-hybridized carbons (Fsp3) is 0.154. The second-order valence-electron chi connectivity index (χ2n) is 4.23. The number of phenols is 1. The summed E-state index contributed by atoms with van der Waals surface area (Å²) in [6.07, 6.45) is -9.24. The molecule has 0 fully saturated rings. The smallest absolute Gasteiger partial charge is 0.449 e. The molecule has 0 saturated heterocycles. The fourth-order valence-electron chi connectivity index (χ4n) is 1.76. The van der Waals surface area contributed by atoms with E-state index in [1.54, 1.807) is 0 Å². The highest BCUT2D eigenvalue weighted by molar-refractivity contribution is 5.73. The Morgan fingerprint density at radius 1 is 1.00 bits per heavy atom. The minimum atomic E-state index is -4.97. The molecule has 0 saturated carbocycles. The van der Waals surface area contributed by atoms with Gasteiger partial charge in [-0.3, -0.25) is 0 Å². The molecule has 0 radical (unpaired) electrons. The molecule has 1 aromatic heterocycles. The van der Waals surface area contributed by atoms with Gasteiger partial charge in [0.2, 0.25) is 5.76 Å². The lowest BCUT2D eigenvalue weighted by atomic mass is 10.00. The highest BCUT2D eigenvalue weighted by atomic mass is 19.4. The number of aromatic hydroxyl groups is 1. The van der Waals surface area contributed by atoms with Crippen LogP contribution in [0.2, 0.25) is 0 Å². The van der Waals surface area contributed by atoms with Crippen LogP contribution in [0.15, 0.2) is 28.9 Å². The third kappa shape index (κ3) is 2.86. The SMILES string of the molecule is N#Cc1cc(-c2coc(C(F)(F)F)c2)c(O)c(C(F)(F)F)c1. The number of furan rings is 1. The number of nitriles is 1. The largest absolute Gasteiger partial charge is 0.507 e. The van der Waals surface area contributed by atoms with Crippen molar-refractivity contribution in [3.05, 3.63) is 41.3 Å². The third-order valence-electron chi connectivity index (χ3n) is 2.73. The molecule has 0 bridgehead atoms. The van der Waals surface area contributed by atoms with Crippen molar-refractivity contribution in [2.24, 2.45) is 0 Å². The Kier molecular flexibility index (Phi) is 3.56. The molecule has 1 aromatic carbocycles. The molecule has 0 aliphatic rings. The molecule has 2 aromatic rings. The molecule has 116 valence electrons. The van der Waals surface area contributed by atoms with Crippen LogP contribution in [0.1, 0.15) is 16.9 Å². The van der Waals surface area contributed by atoms with Gasteiger partial charge in [0.25, 0.3) is 0 Å². The molecule has 0 amide bonds. The van der Waals surface area contributed by atoms with Crippen molar-refractivity contribution in [1.29, 1.82) is 5.26 Å². The standard InChI is InChI=1S/C13H5F6NO2/c14-12(15,16)9-2-6(4-20)1-8(11(9)21)7-3-10(22-5-7)13(17,18)19/h1-3,5,21H. The first-order valence-corrected chi connectivity index (χ1v) is 5.54. The molecule has 3 nitrogen and oxygen atoms in total. The number of rotatable bonds is 1. The van der Waals surface area contributed by atoms with Gasteiger partial charge in [-0.1, -0.05) is 0 Å². The minimum absolute atomic E-state index is 0.406. The topological polar surface area (TPSA) is 57.2 Å². The number of nitrogens with zero attached hydrogens (tertiary/aromatic N) is 1. The lowest BCUT2D eigenvalue weighted by molar-refractivity contribution is -0.153. The molecular formula is C13H5F6NO2. The van der Waals surface area contributed by atoms with Crippen molar-refractivity contribution in [3.8, 4) is 22.9 Å². The maximum absolute atomic E-state index is 12.8. The first-order chi connectivity index (χ1) is 10.0. The Morgan fingerprint density at radius 2 is 1.64 bits per heavy atom. The van der Waals surface area contributed by atoms with Crippen molar-refractivity contribution < 1.29 is 35.9 Å². The Bertz CT molecular complexity index is 751. The maximum Gasteiger partial charge on any atom is 0.449 e. The van der Waals surface area contributed by atoms with Gasteiger partial charge in [0.1, 0.15) is 5.75 Å². The average molecular weight is 321 g/mol. The number of hydrogen-bond donors (Lipinski definition) is 1. The summed E-state index contributed by atoms with van der Waals surface area (Å²) in [6.45, 7) is 0. The number of hydrogen-bond acceptors (Lipinski definition) is 3. The summed E-state index contributed by atoms with van der Waals surface area (Å²) in [5.41, 5.74) is -2.98. The molecule has 0 atom stereocenters. The summed E-state index contributed by atoms with van der Waals surface area (Å²) in [5, 5.41) is 18.4. The van der Waals surface area contributed by atoms with Crippen LogP contribution in [-0.2, 0) is 12.4 Å². The Balaban J connectivity index is 2.66. The van der Waals surface area contributed by atoms with Crippen LogP contribution < -0.4 is 0 Å². The maximum atomic E-state index is 12.8. The first-order valence-electron chi connectivity index (χ1n) is 5.54. The van der Waals surface area contributed by atoms with E-state index in [9.17, 15) is 31.4 Å². The average Bonchev–Trinajstić information content (AvgIpc) is 2.87. The van der Waals surface area contributed by atoms with E-state index in [2.05, 4.69) is 4.42 Å². The monoisotopic (exact) mass is 321 g/mol. The molecule has 1 heterocycles. The van der Waals surface area contributed by atoms with Gasteiger partial charge in [-0.05, 0) is 18.2 Å². The molecule has 0 aliphatic heterocycles. The van der Waals surface area contributed by atoms with E-state index >= 15 is 0 Å². The van der Waals surface area contributed by atoms with Gasteiger partial charge < -0.3 is 9.52 Å². The predicted octanol–water partition coefficient (Wildman–Crippen LogP) is 4.56. The zero-order chi connectivity index (χ0) is 16.7. The van der Waals surface area contributed by atoms with Crippen LogP contribution in [0.25, 0.3) is 11.1 Å². The lowest BCUT2D eigenvalue weighted by Crippen LogP contribution is -2.06. The Labute approximate surface area is 119 Å². The summed E-state index contributed by atoms with van der Waals surface area (Å²) in [7, 11) is 0. The third-order valence-corrected chi connectivity index (χ3v) is 2.73. The van der Waals surface area contributed by atoms with Crippen LogP contribution >= 0.6 is 0 Å². The van der Waals surface area contributed by atoms with E-state index in [0.29, 0.717) is 18.4 Å². The summed E-state index contributed by atoms with van der Waals surface area (Å²) in [6, 6.07) is 3.14. The van der Waals surface area contributed by atoms with E-state index in [1.807, 2.05) is 0 Å². The van der Waals surface area contributed by atoms with Gasteiger partial charge in [-0.2, -0.15) is 31.6 Å². The number of phenolic OH excluding ortho intramolecular Hbond substituents is 1. The second kappa shape index (κ2) is 4.98. The van der Waals surface area contributed by atoms with Crippen LogP contribution in [-0.4, -0.2) is 5.11 Å². The number of alkyl halides is 6. The minimum Gasteiger partial charge on any atom is -0.507 e. The summed E-state index contributed by atoms with van der Waals surface area (Å²) in [4.78, 5) is 0. The van der Waals surface area contributed by atoms with Crippen molar-refractivity contribution >= 4 is 0 Å². The fourth-order valence-corrected chi connectivity index (χ4v) is 1.76. The van der Waals surface area contributed by atoms with Gasteiger partial charge in [0.05, 0.1) is 23.5 Å². The molecule has 1 N–H and O–H groups in total. The normalized spacial score (nSPS) is 12.2. The van der Waals surface area contributed by atoms with Crippen LogP contribution in [0, 0.1) is 11.3 Å². The van der Waals surface area contributed by atoms with Gasteiger partial charge in [-0.25, -0.2) is 0 Å². The van der Waals surface area contributed by atoms with Crippen molar-refractivity contribution in [1.82, 2.24) is 0 Å². The summed E-state index contributed by atoms with van der Waals surface area (Å²) < 4.78 is 79.9. The summed E-state index contributed by atoms with van der Waals surface area (Å²) >= 11 is 0. The van der Waals surface area contributed by atoms with E-state index in [4.69, 9.17) is 5.26 Å². The lowest BCUT2D eigenvalue weighted by Gasteiger charge is -2.12. The Hall–Kier alpha value is -2.63. The zero-order valence-corrected chi connectivity index (χ0v) is 10.4. The van der Waals surface area contributed by atoms with Gasteiger partial charge >= 0.3 is 12.4 Å². The van der Waals surface area contributed by atoms with E-state index in [0.717, 1.165) is 6.07 Å². The molecule has 0 unspecified atom stereocenters. The number of benzene rings is 1. The number of halogens is 6. The quantitative estimate of drug-likeness (QED) is 0.783. The highest BCUT2D eigenvalue weighted by Crippen LogP contribution is 2.43. The van der Waals surface area contributed by atoms with E-state index in [1.165, 1.54) is 6.07 Å². The molecular weight excluding hydrogens is 316 g/mol. The zero-order valence-electron chi connectivity index (χ0n) is 10.4. The van der Waals surface area contributed by atoms with Crippen LogP contribution in [0.4, 0.5) is 26.3 Å². The Morgan fingerprint density at radius 3 is 2.09 bits per heavy atom. The van der Waals surface area contributed by atoms with Crippen molar-refractivity contribution in [3.63, 3.8) is 0 Å². The van der Waals surface area contributed by atoms with Gasteiger partial charge in [-0.15, -0.1) is 0 Å². The van der Waals surface area contributed by atoms with Crippen molar-refractivity contribution in [2.45, 2.75) is 12.4 Å². The van der Waals surface area contributed by atoms with E-state index in [-0.39, 0.29) is 0 Å². The van der Waals surface area contributed by atoms with Crippen LogP contribution in [0.5, 0.6) is 5.75 Å². The van der Waals surface area contributed by atoms with Gasteiger partial charge in [0.15, 0.2) is 0 Å². The molecule has 9 heteroatoms.